The second-order valence-electron chi connectivity index (χ2n) is 5.55. The molecule has 1 atom stereocenters. The van der Waals surface area contributed by atoms with Gasteiger partial charge in [-0.2, -0.15) is 12.6 Å². The van der Waals surface area contributed by atoms with Crippen molar-refractivity contribution in [2.75, 3.05) is 12.4 Å². The first-order chi connectivity index (χ1) is 9.13. The highest BCUT2D eigenvalue weighted by molar-refractivity contribution is 7.80. The predicted octanol–water partition coefficient (Wildman–Crippen LogP) is 4.56. The van der Waals surface area contributed by atoms with Crippen molar-refractivity contribution in [2.24, 2.45) is 11.3 Å². The van der Waals surface area contributed by atoms with Crippen LogP contribution in [0, 0.1) is 11.3 Å². The van der Waals surface area contributed by atoms with Gasteiger partial charge in [0.1, 0.15) is 0 Å². The molecule has 0 saturated carbocycles. The average Bonchev–Trinajstić information content (AvgIpc) is 2.28. The number of halogens is 3. The molecule has 20 heavy (non-hydrogen) atoms. The van der Waals surface area contributed by atoms with Crippen LogP contribution in [0.1, 0.15) is 20.8 Å². The van der Waals surface area contributed by atoms with Gasteiger partial charge in [-0.1, -0.05) is 32.9 Å². The van der Waals surface area contributed by atoms with Crippen LogP contribution in [0.4, 0.5) is 13.2 Å². The van der Waals surface area contributed by atoms with Gasteiger partial charge >= 0.3 is 6.36 Å². The van der Waals surface area contributed by atoms with E-state index >= 15 is 0 Å². The molecule has 0 fully saturated rings. The molecule has 0 N–H and O–H groups in total. The predicted molar refractivity (Wildman–Crippen MR) is 75.4 cm³/mol. The molecule has 0 saturated heterocycles. The number of benzene rings is 1. The molecule has 0 bridgehead atoms. The fraction of sp³-hybridized carbons (Fsp3) is 0.571. The maximum Gasteiger partial charge on any atom is 0.573 e. The lowest BCUT2D eigenvalue weighted by Gasteiger charge is -2.29. The Labute approximate surface area is 122 Å². The van der Waals surface area contributed by atoms with Crippen LogP contribution >= 0.6 is 12.6 Å². The Kier molecular flexibility index (Phi) is 5.62. The molecule has 0 radical (unpaired) electrons. The second-order valence-corrected chi connectivity index (χ2v) is 5.92. The maximum absolute atomic E-state index is 12.3. The third-order valence-electron chi connectivity index (χ3n) is 2.96. The van der Waals surface area contributed by atoms with Gasteiger partial charge in [-0.05, 0) is 23.3 Å². The standard InChI is InChI=1S/C14H19F3O2S/c1-13(2,3)10(9-20)8-18-11-6-4-5-7-12(11)19-14(15,16)17/h4-7,10,20H,8-9H2,1-3H3. The Balaban J connectivity index is 2.78. The third kappa shape index (κ3) is 5.53. The molecule has 0 spiro atoms. The van der Waals surface area contributed by atoms with Crippen LogP contribution in [0.5, 0.6) is 11.5 Å². The lowest BCUT2D eigenvalue weighted by atomic mass is 9.82. The van der Waals surface area contributed by atoms with Crippen LogP contribution in [-0.2, 0) is 0 Å². The molecule has 1 rings (SSSR count). The summed E-state index contributed by atoms with van der Waals surface area (Å²) in [6, 6.07) is 5.76. The molecule has 2 nitrogen and oxygen atoms in total. The number of alkyl halides is 3. The van der Waals surface area contributed by atoms with E-state index in [1.165, 1.54) is 18.2 Å². The first-order valence-corrected chi connectivity index (χ1v) is 6.85. The molecule has 0 aromatic heterocycles. The molecule has 0 aliphatic carbocycles. The van der Waals surface area contributed by atoms with E-state index in [-0.39, 0.29) is 29.4 Å². The lowest BCUT2D eigenvalue weighted by Crippen LogP contribution is -2.28. The van der Waals surface area contributed by atoms with E-state index in [1.54, 1.807) is 6.07 Å². The molecule has 1 unspecified atom stereocenters. The first kappa shape index (κ1) is 17.0. The summed E-state index contributed by atoms with van der Waals surface area (Å²) in [7, 11) is 0. The molecule has 0 aliphatic rings. The number of thiol groups is 1. The van der Waals surface area contributed by atoms with Gasteiger partial charge in [-0.3, -0.25) is 0 Å². The van der Waals surface area contributed by atoms with Gasteiger partial charge in [0, 0.05) is 5.92 Å². The Morgan fingerprint density at radius 2 is 1.65 bits per heavy atom. The molecule has 1 aromatic rings. The number of hydrogen-bond acceptors (Lipinski definition) is 3. The van der Waals surface area contributed by atoms with E-state index in [9.17, 15) is 13.2 Å². The number of para-hydroxylation sites is 2. The number of rotatable bonds is 5. The summed E-state index contributed by atoms with van der Waals surface area (Å²) in [6.45, 7) is 6.39. The van der Waals surface area contributed by atoms with Crippen molar-refractivity contribution in [3.05, 3.63) is 24.3 Å². The number of ether oxygens (including phenoxy) is 2. The zero-order valence-corrected chi connectivity index (χ0v) is 12.6. The van der Waals surface area contributed by atoms with Crippen molar-refractivity contribution in [1.29, 1.82) is 0 Å². The zero-order chi connectivity index (χ0) is 15.4. The van der Waals surface area contributed by atoms with Gasteiger partial charge < -0.3 is 9.47 Å². The Bertz CT molecular complexity index is 427. The minimum atomic E-state index is -4.73. The van der Waals surface area contributed by atoms with E-state index in [0.29, 0.717) is 5.75 Å². The number of hydrogen-bond donors (Lipinski definition) is 1. The monoisotopic (exact) mass is 308 g/mol. The molecule has 114 valence electrons. The average molecular weight is 308 g/mol. The van der Waals surface area contributed by atoms with E-state index in [4.69, 9.17) is 4.74 Å². The third-order valence-corrected chi connectivity index (χ3v) is 3.40. The van der Waals surface area contributed by atoms with Crippen LogP contribution in [0.3, 0.4) is 0 Å². The molecular weight excluding hydrogens is 289 g/mol. The van der Waals surface area contributed by atoms with E-state index < -0.39 is 6.36 Å². The smallest absolute Gasteiger partial charge is 0.489 e. The quantitative estimate of drug-likeness (QED) is 0.804. The SMILES string of the molecule is CC(C)(C)C(CS)COc1ccccc1OC(F)(F)F. The molecule has 1 aromatic carbocycles. The van der Waals surface area contributed by atoms with Gasteiger partial charge in [0.15, 0.2) is 11.5 Å². The largest absolute Gasteiger partial charge is 0.573 e. The van der Waals surface area contributed by atoms with Crippen molar-refractivity contribution in [3.63, 3.8) is 0 Å². The summed E-state index contributed by atoms with van der Waals surface area (Å²) in [5.74, 6) is 0.462. The molecule has 6 heteroatoms. The molecule has 0 heterocycles. The van der Waals surface area contributed by atoms with Crippen molar-refractivity contribution in [1.82, 2.24) is 0 Å². The molecule has 0 amide bonds. The van der Waals surface area contributed by atoms with Crippen molar-refractivity contribution >= 4 is 12.6 Å². The summed E-state index contributed by atoms with van der Waals surface area (Å²) in [5.41, 5.74) is -0.0401. The zero-order valence-electron chi connectivity index (χ0n) is 11.7. The lowest BCUT2D eigenvalue weighted by molar-refractivity contribution is -0.275. The van der Waals surface area contributed by atoms with E-state index in [0.717, 1.165) is 0 Å². The summed E-state index contributed by atoms with van der Waals surface area (Å²) < 4.78 is 46.3. The highest BCUT2D eigenvalue weighted by Gasteiger charge is 2.32. The first-order valence-electron chi connectivity index (χ1n) is 6.22. The molecule has 0 aliphatic heterocycles. The molecular formula is C14H19F3O2S. The van der Waals surface area contributed by atoms with Crippen molar-refractivity contribution in [3.8, 4) is 11.5 Å². The maximum atomic E-state index is 12.3. The van der Waals surface area contributed by atoms with Gasteiger partial charge in [-0.25, -0.2) is 0 Å². The fourth-order valence-electron chi connectivity index (χ4n) is 1.55. The highest BCUT2D eigenvalue weighted by Crippen LogP contribution is 2.33. The highest BCUT2D eigenvalue weighted by atomic mass is 32.1. The summed E-state index contributed by atoms with van der Waals surface area (Å²) in [5, 5.41) is 0. The Morgan fingerprint density at radius 3 is 2.10 bits per heavy atom. The van der Waals surface area contributed by atoms with Crippen LogP contribution in [0.25, 0.3) is 0 Å². The fourth-order valence-corrected chi connectivity index (χ4v) is 2.20. The van der Waals surface area contributed by atoms with Gasteiger partial charge in [0.2, 0.25) is 0 Å². The Morgan fingerprint density at radius 1 is 1.10 bits per heavy atom. The van der Waals surface area contributed by atoms with Crippen LogP contribution in [0.2, 0.25) is 0 Å². The van der Waals surface area contributed by atoms with Gasteiger partial charge in [0.25, 0.3) is 0 Å². The topological polar surface area (TPSA) is 18.5 Å². The van der Waals surface area contributed by atoms with Crippen LogP contribution in [-0.4, -0.2) is 18.7 Å². The van der Waals surface area contributed by atoms with Crippen molar-refractivity contribution < 1.29 is 22.6 Å². The van der Waals surface area contributed by atoms with Gasteiger partial charge in [0.05, 0.1) is 6.61 Å². The second kappa shape index (κ2) is 6.61. The minimum Gasteiger partial charge on any atom is -0.489 e. The van der Waals surface area contributed by atoms with Crippen LogP contribution < -0.4 is 9.47 Å². The minimum absolute atomic E-state index is 0.0401. The van der Waals surface area contributed by atoms with Gasteiger partial charge in [-0.15, -0.1) is 13.2 Å². The summed E-state index contributed by atoms with van der Waals surface area (Å²) in [6.07, 6.45) is -4.73. The summed E-state index contributed by atoms with van der Waals surface area (Å²) in [4.78, 5) is 0. The Hall–Kier alpha value is -1.04. The van der Waals surface area contributed by atoms with Crippen molar-refractivity contribution in [2.45, 2.75) is 27.1 Å². The summed E-state index contributed by atoms with van der Waals surface area (Å²) >= 11 is 4.26. The van der Waals surface area contributed by atoms with Crippen LogP contribution in [0.15, 0.2) is 24.3 Å². The van der Waals surface area contributed by atoms with E-state index in [1.807, 2.05) is 20.8 Å². The normalized spacial score (nSPS) is 13.9. The van der Waals surface area contributed by atoms with E-state index in [2.05, 4.69) is 17.4 Å².